The molecule has 0 amide bonds. The Kier molecular flexibility index (Phi) is 14.1. The van der Waals surface area contributed by atoms with Gasteiger partial charge in [-0.1, -0.05) is 72.1 Å². The molecule has 0 heterocycles. The highest BCUT2D eigenvalue weighted by molar-refractivity contribution is 6.00. The number of esters is 2. The molecule has 0 unspecified atom stereocenters. The van der Waals surface area contributed by atoms with E-state index in [1.165, 1.54) is 26.7 Å². The average molecular weight is 529 g/mol. The second kappa shape index (κ2) is 14.8. The van der Waals surface area contributed by atoms with Gasteiger partial charge in [-0.25, -0.2) is 8.78 Å². The summed E-state index contributed by atoms with van der Waals surface area (Å²) in [5.41, 5.74) is -2.13. The summed E-state index contributed by atoms with van der Waals surface area (Å²) < 4.78 is 114. The third-order valence-corrected chi connectivity index (χ3v) is 6.01. The van der Waals surface area contributed by atoms with Crippen LogP contribution in [0.25, 0.3) is 0 Å². The molecule has 0 rings (SSSR count). The molecule has 0 radical (unpaired) electrons. The van der Waals surface area contributed by atoms with Crippen LogP contribution in [0.15, 0.2) is 0 Å². The summed E-state index contributed by atoms with van der Waals surface area (Å²) in [6, 6.07) is 0. The van der Waals surface area contributed by atoms with Gasteiger partial charge < -0.3 is 9.47 Å². The lowest BCUT2D eigenvalue weighted by atomic mass is 9.82. The second-order valence-electron chi connectivity index (χ2n) is 8.53. The van der Waals surface area contributed by atoms with Crippen LogP contribution in [0.2, 0.25) is 0 Å². The third-order valence-electron chi connectivity index (χ3n) is 6.01. The molecule has 0 saturated heterocycles. The molecule has 0 atom stereocenters. The van der Waals surface area contributed by atoms with Gasteiger partial charge in [0.15, 0.2) is 12.0 Å². The van der Waals surface area contributed by atoms with E-state index in [1.807, 2.05) is 0 Å². The van der Waals surface area contributed by atoms with Gasteiger partial charge in [0.05, 0.1) is 6.61 Å². The third kappa shape index (κ3) is 8.77. The molecule has 0 bridgehead atoms. The van der Waals surface area contributed by atoms with Crippen molar-refractivity contribution in [2.75, 3.05) is 13.2 Å². The summed E-state index contributed by atoms with van der Waals surface area (Å²) in [5.74, 6) is -21.5. The van der Waals surface area contributed by atoms with Gasteiger partial charge in [-0.2, -0.15) is 26.3 Å². The van der Waals surface area contributed by atoms with Crippen molar-refractivity contribution < 1.29 is 54.2 Å². The fraction of sp³-hybridized carbons (Fsp3) is 0.913. The maximum absolute atomic E-state index is 13.7. The van der Waals surface area contributed by atoms with Crippen LogP contribution < -0.4 is 0 Å². The van der Waals surface area contributed by atoms with E-state index in [9.17, 15) is 44.7 Å². The predicted octanol–water partition coefficient (Wildman–Crippen LogP) is 7.58. The van der Waals surface area contributed by atoms with E-state index >= 15 is 0 Å². The van der Waals surface area contributed by atoms with Crippen LogP contribution in [0, 0.1) is 5.41 Å². The van der Waals surface area contributed by atoms with E-state index in [1.54, 1.807) is 0 Å². The highest BCUT2D eigenvalue weighted by Gasteiger charge is 2.75. The Morgan fingerprint density at radius 3 is 1.54 bits per heavy atom. The van der Waals surface area contributed by atoms with Crippen molar-refractivity contribution in [3.63, 3.8) is 0 Å². The standard InChI is InChI=1S/C23H36F8O4/c1-4-7-8-9-10-11-12-13-14-15-34-18(32)20(5-2,6-3)19(33)35-16-21(26,27)23(30,31)22(28,29)17(24)25/h17H,4-16H2,1-3H3. The first-order chi connectivity index (χ1) is 16.2. The second-order valence-corrected chi connectivity index (χ2v) is 8.53. The molecule has 0 N–H and O–H groups in total. The Morgan fingerprint density at radius 1 is 0.686 bits per heavy atom. The Bertz CT molecular complexity index is 637. The monoisotopic (exact) mass is 528 g/mol. The summed E-state index contributed by atoms with van der Waals surface area (Å²) in [7, 11) is 0. The number of alkyl halides is 8. The summed E-state index contributed by atoms with van der Waals surface area (Å²) in [6.45, 7) is 2.08. The molecule has 0 fully saturated rings. The minimum atomic E-state index is -6.51. The van der Waals surface area contributed by atoms with Crippen LogP contribution in [0.1, 0.15) is 91.4 Å². The largest absolute Gasteiger partial charge is 0.465 e. The number of carbonyl (C=O) groups excluding carboxylic acids is 2. The fourth-order valence-electron chi connectivity index (χ4n) is 3.39. The van der Waals surface area contributed by atoms with E-state index < -0.39 is 48.2 Å². The van der Waals surface area contributed by atoms with Crippen molar-refractivity contribution >= 4 is 11.9 Å². The first-order valence-corrected chi connectivity index (χ1v) is 11.9. The lowest BCUT2D eigenvalue weighted by molar-refractivity contribution is -0.344. The van der Waals surface area contributed by atoms with Gasteiger partial charge in [0.1, 0.15) is 0 Å². The molecule has 35 heavy (non-hydrogen) atoms. The van der Waals surface area contributed by atoms with Gasteiger partial charge in [0, 0.05) is 0 Å². The van der Waals surface area contributed by atoms with Crippen LogP contribution >= 0.6 is 0 Å². The molecule has 0 aliphatic rings. The number of hydrogen-bond donors (Lipinski definition) is 0. The van der Waals surface area contributed by atoms with E-state index in [0.717, 1.165) is 38.5 Å². The van der Waals surface area contributed by atoms with Gasteiger partial charge in [0.25, 0.3) is 0 Å². The van der Waals surface area contributed by atoms with Crippen molar-refractivity contribution in [3.05, 3.63) is 0 Å². The topological polar surface area (TPSA) is 52.6 Å². The molecular weight excluding hydrogens is 492 g/mol. The van der Waals surface area contributed by atoms with E-state index in [2.05, 4.69) is 11.7 Å². The molecule has 208 valence electrons. The minimum Gasteiger partial charge on any atom is -0.465 e. The Labute approximate surface area is 201 Å². The molecule has 0 saturated carbocycles. The fourth-order valence-corrected chi connectivity index (χ4v) is 3.39. The molecule has 0 spiro atoms. The normalized spacial score (nSPS) is 13.3. The van der Waals surface area contributed by atoms with Crippen molar-refractivity contribution in [3.8, 4) is 0 Å². The van der Waals surface area contributed by atoms with Crippen LogP contribution in [0.5, 0.6) is 0 Å². The molecule has 0 aromatic carbocycles. The summed E-state index contributed by atoms with van der Waals surface area (Å²) in [5, 5.41) is 0. The minimum absolute atomic E-state index is 0.0709. The first kappa shape index (κ1) is 33.4. The molecule has 12 heteroatoms. The lowest BCUT2D eigenvalue weighted by Crippen LogP contribution is -2.59. The van der Waals surface area contributed by atoms with Crippen molar-refractivity contribution in [1.82, 2.24) is 0 Å². The molecule has 4 nitrogen and oxygen atoms in total. The maximum atomic E-state index is 13.7. The van der Waals surface area contributed by atoms with Crippen LogP contribution in [0.3, 0.4) is 0 Å². The Morgan fingerprint density at radius 2 is 1.11 bits per heavy atom. The zero-order valence-electron chi connectivity index (χ0n) is 20.4. The van der Waals surface area contributed by atoms with Crippen molar-refractivity contribution in [1.29, 1.82) is 0 Å². The smallest absolute Gasteiger partial charge is 0.381 e. The van der Waals surface area contributed by atoms with Gasteiger partial charge >= 0.3 is 36.1 Å². The van der Waals surface area contributed by atoms with E-state index in [0.29, 0.717) is 6.42 Å². The maximum Gasteiger partial charge on any atom is 0.381 e. The lowest BCUT2D eigenvalue weighted by Gasteiger charge is -2.33. The van der Waals surface area contributed by atoms with E-state index in [-0.39, 0.29) is 19.4 Å². The van der Waals surface area contributed by atoms with Gasteiger partial charge in [-0.3, -0.25) is 9.59 Å². The quantitative estimate of drug-likeness (QED) is 0.0751. The zero-order chi connectivity index (χ0) is 27.3. The summed E-state index contributed by atoms with van der Waals surface area (Å²) >= 11 is 0. The van der Waals surface area contributed by atoms with Crippen LogP contribution in [-0.4, -0.2) is 49.3 Å². The number of carbonyl (C=O) groups is 2. The van der Waals surface area contributed by atoms with Crippen molar-refractivity contribution in [2.45, 2.75) is 116 Å². The van der Waals surface area contributed by atoms with Crippen LogP contribution in [-0.2, 0) is 19.1 Å². The number of halogens is 8. The highest BCUT2D eigenvalue weighted by atomic mass is 19.4. The Hall–Kier alpha value is -1.62. The number of unbranched alkanes of at least 4 members (excludes halogenated alkanes) is 8. The molecular formula is C23H36F8O4. The highest BCUT2D eigenvalue weighted by Crippen LogP contribution is 2.48. The molecule has 0 aromatic rings. The number of hydrogen-bond acceptors (Lipinski definition) is 4. The molecule has 0 aliphatic carbocycles. The van der Waals surface area contributed by atoms with Crippen LogP contribution in [0.4, 0.5) is 35.1 Å². The average Bonchev–Trinajstić information content (AvgIpc) is 2.79. The SMILES string of the molecule is CCCCCCCCCCCOC(=O)C(CC)(CC)C(=O)OCC(F)(F)C(F)(F)C(F)(F)C(F)F. The summed E-state index contributed by atoms with van der Waals surface area (Å²) in [4.78, 5) is 24.9. The van der Waals surface area contributed by atoms with Gasteiger partial charge in [-0.15, -0.1) is 0 Å². The predicted molar refractivity (Wildman–Crippen MR) is 113 cm³/mol. The molecule has 0 aromatic heterocycles. The first-order valence-electron chi connectivity index (χ1n) is 11.9. The van der Waals surface area contributed by atoms with E-state index in [4.69, 9.17) is 4.74 Å². The number of ether oxygens (including phenoxy) is 2. The van der Waals surface area contributed by atoms with Gasteiger partial charge in [-0.05, 0) is 19.3 Å². The summed E-state index contributed by atoms with van der Waals surface area (Å²) in [6.07, 6.45) is 3.20. The zero-order valence-corrected chi connectivity index (χ0v) is 20.4. The number of rotatable bonds is 19. The Balaban J connectivity index is 4.87. The molecule has 0 aliphatic heterocycles. The van der Waals surface area contributed by atoms with Crippen molar-refractivity contribution in [2.24, 2.45) is 5.41 Å². The van der Waals surface area contributed by atoms with Gasteiger partial charge in [0.2, 0.25) is 0 Å².